The Labute approximate surface area is 90.2 Å². The fourth-order valence-corrected chi connectivity index (χ4v) is 1.36. The van der Waals surface area contributed by atoms with Crippen molar-refractivity contribution < 1.29 is 9.53 Å². The number of nitrogens with one attached hydrogen (secondary N) is 1. The zero-order valence-electron chi connectivity index (χ0n) is 9.32. The van der Waals surface area contributed by atoms with Crippen LogP contribution in [0.25, 0.3) is 0 Å². The first-order valence-corrected chi connectivity index (χ1v) is 5.15. The molecule has 0 saturated carbocycles. The lowest BCUT2D eigenvalue weighted by Crippen LogP contribution is -2.32. The van der Waals surface area contributed by atoms with E-state index in [0.717, 1.165) is 13.1 Å². The molecule has 1 rings (SSSR count). The molecule has 0 amide bonds. The standard InChI is InChI=1S/C11H18N2O2/c1-3-13(7-8-15-2)9-11(14)10-5-4-6-12-10/h4-6,12H,3,7-9H2,1-2H3. The first-order valence-electron chi connectivity index (χ1n) is 5.15. The number of hydrogen-bond donors (Lipinski definition) is 1. The molecule has 4 heteroatoms. The van der Waals surface area contributed by atoms with Gasteiger partial charge in [0.2, 0.25) is 0 Å². The maximum atomic E-state index is 11.7. The largest absolute Gasteiger partial charge is 0.383 e. The van der Waals surface area contributed by atoms with Crippen molar-refractivity contribution in [3.63, 3.8) is 0 Å². The van der Waals surface area contributed by atoms with Gasteiger partial charge >= 0.3 is 0 Å². The van der Waals surface area contributed by atoms with Crippen LogP contribution in [0.3, 0.4) is 0 Å². The molecular formula is C11H18N2O2. The lowest BCUT2D eigenvalue weighted by molar-refractivity contribution is 0.0898. The Bertz CT molecular complexity index is 283. The zero-order chi connectivity index (χ0) is 11.1. The molecule has 1 aromatic rings. The molecule has 84 valence electrons. The number of hydrogen-bond acceptors (Lipinski definition) is 3. The number of rotatable bonds is 7. The number of carbonyl (C=O) groups excluding carboxylic acids is 1. The minimum Gasteiger partial charge on any atom is -0.383 e. The van der Waals surface area contributed by atoms with Gasteiger partial charge in [-0.25, -0.2) is 0 Å². The highest BCUT2D eigenvalue weighted by atomic mass is 16.5. The molecule has 0 unspecified atom stereocenters. The van der Waals surface area contributed by atoms with Crippen molar-refractivity contribution in [2.75, 3.05) is 33.4 Å². The van der Waals surface area contributed by atoms with Crippen LogP contribution < -0.4 is 0 Å². The predicted molar refractivity (Wildman–Crippen MR) is 59.1 cm³/mol. The fraction of sp³-hybridized carbons (Fsp3) is 0.545. The Morgan fingerprint density at radius 1 is 1.60 bits per heavy atom. The lowest BCUT2D eigenvalue weighted by atomic mass is 10.2. The summed E-state index contributed by atoms with van der Waals surface area (Å²) >= 11 is 0. The van der Waals surface area contributed by atoms with Crippen molar-refractivity contribution in [3.05, 3.63) is 24.0 Å². The smallest absolute Gasteiger partial charge is 0.192 e. The third-order valence-electron chi connectivity index (χ3n) is 2.32. The van der Waals surface area contributed by atoms with Crippen molar-refractivity contribution in [2.24, 2.45) is 0 Å². The third kappa shape index (κ3) is 3.85. The van der Waals surface area contributed by atoms with Crippen LogP contribution in [0.15, 0.2) is 18.3 Å². The number of H-pyrrole nitrogens is 1. The van der Waals surface area contributed by atoms with Gasteiger partial charge in [0.25, 0.3) is 0 Å². The van der Waals surface area contributed by atoms with Crippen LogP contribution >= 0.6 is 0 Å². The first-order chi connectivity index (χ1) is 7.27. The fourth-order valence-electron chi connectivity index (χ4n) is 1.36. The van der Waals surface area contributed by atoms with Crippen LogP contribution in [0.2, 0.25) is 0 Å². The number of Topliss-reactive ketones (excluding diaryl/α,β-unsaturated/α-hetero) is 1. The van der Waals surface area contributed by atoms with Gasteiger partial charge < -0.3 is 9.72 Å². The summed E-state index contributed by atoms with van der Waals surface area (Å²) in [5.41, 5.74) is 0.672. The number of methoxy groups -OCH3 is 1. The second-order valence-corrected chi connectivity index (χ2v) is 3.37. The van der Waals surface area contributed by atoms with Gasteiger partial charge in [0, 0.05) is 19.9 Å². The average Bonchev–Trinajstić information content (AvgIpc) is 2.77. The normalized spacial score (nSPS) is 10.9. The SMILES string of the molecule is CCN(CCOC)CC(=O)c1ccc[nH]1. The Kier molecular flexibility index (Phi) is 5.07. The third-order valence-corrected chi connectivity index (χ3v) is 2.32. The number of likely N-dealkylation sites (N-methyl/N-ethyl adjacent to an activating group) is 1. The molecule has 1 heterocycles. The second kappa shape index (κ2) is 6.37. The number of ether oxygens (including phenoxy) is 1. The number of aromatic amines is 1. The molecule has 0 aliphatic rings. The van der Waals surface area contributed by atoms with Crippen LogP contribution in [-0.2, 0) is 4.74 Å². The highest BCUT2D eigenvalue weighted by Gasteiger charge is 2.11. The maximum absolute atomic E-state index is 11.7. The minimum atomic E-state index is 0.123. The summed E-state index contributed by atoms with van der Waals surface area (Å²) in [4.78, 5) is 16.7. The van der Waals surface area contributed by atoms with Gasteiger partial charge in [-0.1, -0.05) is 6.92 Å². The van der Waals surface area contributed by atoms with Gasteiger partial charge in [-0.15, -0.1) is 0 Å². The van der Waals surface area contributed by atoms with E-state index in [4.69, 9.17) is 4.74 Å². The van der Waals surface area contributed by atoms with Crippen molar-refractivity contribution in [2.45, 2.75) is 6.92 Å². The Morgan fingerprint density at radius 2 is 2.40 bits per heavy atom. The van der Waals surface area contributed by atoms with Gasteiger partial charge in [0.15, 0.2) is 5.78 Å². The second-order valence-electron chi connectivity index (χ2n) is 3.37. The number of aromatic nitrogens is 1. The molecule has 0 saturated heterocycles. The minimum absolute atomic E-state index is 0.123. The van der Waals surface area contributed by atoms with E-state index in [1.54, 1.807) is 19.4 Å². The van der Waals surface area contributed by atoms with E-state index in [9.17, 15) is 4.79 Å². The van der Waals surface area contributed by atoms with Gasteiger partial charge in [-0.05, 0) is 18.7 Å². The Hall–Kier alpha value is -1.13. The predicted octanol–water partition coefficient (Wildman–Crippen LogP) is 1.17. The van der Waals surface area contributed by atoms with E-state index in [0.29, 0.717) is 18.8 Å². The van der Waals surface area contributed by atoms with E-state index in [-0.39, 0.29) is 5.78 Å². The van der Waals surface area contributed by atoms with E-state index in [1.165, 1.54) is 0 Å². The van der Waals surface area contributed by atoms with Crippen LogP contribution in [0, 0.1) is 0 Å². The molecule has 1 aromatic heterocycles. The van der Waals surface area contributed by atoms with Gasteiger partial charge in [0.1, 0.15) is 0 Å². The molecule has 0 atom stereocenters. The molecule has 0 spiro atoms. The quantitative estimate of drug-likeness (QED) is 0.687. The number of carbonyl (C=O) groups is 1. The topological polar surface area (TPSA) is 45.3 Å². The first kappa shape index (κ1) is 11.9. The van der Waals surface area contributed by atoms with Crippen molar-refractivity contribution in [1.82, 2.24) is 9.88 Å². The van der Waals surface area contributed by atoms with Crippen LogP contribution in [0.1, 0.15) is 17.4 Å². The van der Waals surface area contributed by atoms with Gasteiger partial charge in [0.05, 0.1) is 18.8 Å². The number of ketones is 1. The molecule has 0 aliphatic carbocycles. The molecule has 0 bridgehead atoms. The maximum Gasteiger partial charge on any atom is 0.192 e. The Morgan fingerprint density at radius 3 is 2.93 bits per heavy atom. The molecule has 0 aromatic carbocycles. The molecular weight excluding hydrogens is 192 g/mol. The average molecular weight is 210 g/mol. The van der Waals surface area contributed by atoms with E-state index in [2.05, 4.69) is 9.88 Å². The van der Waals surface area contributed by atoms with Gasteiger partial charge in [-0.2, -0.15) is 0 Å². The van der Waals surface area contributed by atoms with Crippen molar-refractivity contribution in [3.8, 4) is 0 Å². The summed E-state index contributed by atoms with van der Waals surface area (Å²) in [6.07, 6.45) is 1.76. The molecule has 0 aliphatic heterocycles. The van der Waals surface area contributed by atoms with E-state index in [1.807, 2.05) is 13.0 Å². The number of nitrogens with zero attached hydrogens (tertiary/aromatic N) is 1. The summed E-state index contributed by atoms with van der Waals surface area (Å²) in [6.45, 7) is 4.79. The summed E-state index contributed by atoms with van der Waals surface area (Å²) in [6, 6.07) is 3.63. The zero-order valence-corrected chi connectivity index (χ0v) is 9.32. The van der Waals surface area contributed by atoms with E-state index >= 15 is 0 Å². The van der Waals surface area contributed by atoms with Crippen LogP contribution in [0.4, 0.5) is 0 Å². The van der Waals surface area contributed by atoms with Gasteiger partial charge in [-0.3, -0.25) is 9.69 Å². The molecule has 0 radical (unpaired) electrons. The van der Waals surface area contributed by atoms with Crippen molar-refractivity contribution >= 4 is 5.78 Å². The summed E-state index contributed by atoms with van der Waals surface area (Å²) < 4.78 is 4.99. The molecule has 15 heavy (non-hydrogen) atoms. The summed E-state index contributed by atoms with van der Waals surface area (Å²) in [5.74, 6) is 0.123. The Balaban J connectivity index is 2.41. The summed E-state index contributed by atoms with van der Waals surface area (Å²) in [7, 11) is 1.67. The highest BCUT2D eigenvalue weighted by molar-refractivity contribution is 5.95. The van der Waals surface area contributed by atoms with E-state index < -0.39 is 0 Å². The monoisotopic (exact) mass is 210 g/mol. The molecule has 0 fully saturated rings. The molecule has 4 nitrogen and oxygen atoms in total. The van der Waals surface area contributed by atoms with Crippen molar-refractivity contribution in [1.29, 1.82) is 0 Å². The van der Waals surface area contributed by atoms with Crippen LogP contribution in [-0.4, -0.2) is 49.0 Å². The molecule has 1 N–H and O–H groups in total. The van der Waals surface area contributed by atoms with Crippen LogP contribution in [0.5, 0.6) is 0 Å². The highest BCUT2D eigenvalue weighted by Crippen LogP contribution is 1.99. The lowest BCUT2D eigenvalue weighted by Gasteiger charge is -2.18. The summed E-state index contributed by atoms with van der Waals surface area (Å²) in [5, 5.41) is 0.